The first-order chi connectivity index (χ1) is 11.9. The molecule has 144 valence electrons. The van der Waals surface area contributed by atoms with Crippen molar-refractivity contribution in [2.24, 2.45) is 11.8 Å². The predicted molar refractivity (Wildman–Crippen MR) is 89.8 cm³/mol. The van der Waals surface area contributed by atoms with Crippen molar-refractivity contribution < 1.29 is 32.9 Å². The van der Waals surface area contributed by atoms with E-state index in [-0.39, 0.29) is 30.4 Å². The number of alkyl carbamates (subject to hydrolysis) is 1. The molecule has 1 rings (SSSR count). The number of hydrogen-bond acceptors (Lipinski definition) is 5. The van der Waals surface area contributed by atoms with Crippen LogP contribution in [0.25, 0.3) is 0 Å². The predicted octanol–water partition coefficient (Wildman–Crippen LogP) is 3.63. The zero-order valence-electron chi connectivity index (χ0n) is 14.6. The minimum atomic E-state index is -2.17. The molecule has 1 aliphatic carbocycles. The van der Waals surface area contributed by atoms with Gasteiger partial charge in [0.1, 0.15) is 0 Å². The van der Waals surface area contributed by atoms with Crippen LogP contribution >= 0.6 is 8.03 Å². The summed E-state index contributed by atoms with van der Waals surface area (Å²) in [4.78, 5) is 31.9. The molecular weight excluding hydrogens is 352 g/mol. The smallest absolute Gasteiger partial charge is 0.428 e. The van der Waals surface area contributed by atoms with E-state index in [1.807, 2.05) is 12.2 Å². The molecule has 0 aliphatic heterocycles. The van der Waals surface area contributed by atoms with Gasteiger partial charge in [0.15, 0.2) is 12.5 Å². The molecule has 1 saturated carbocycles. The highest BCUT2D eigenvalue weighted by Gasteiger charge is 2.23. The standard InChI is InChI=1S/C16H27FNO6P/c1-12(9-10-25(21)22)7-8-14(17)18-16(20)24-11-23-15(19)13-5-3-2-4-6-13/h12-14H,2-11H2,1H3,(H-,18,20,21,22)/p+1. The summed E-state index contributed by atoms with van der Waals surface area (Å²) in [7, 11) is -2.17. The average Bonchev–Trinajstić information content (AvgIpc) is 2.58. The quantitative estimate of drug-likeness (QED) is 0.260. The Labute approximate surface area is 148 Å². The van der Waals surface area contributed by atoms with Crippen LogP contribution in [-0.4, -0.2) is 36.2 Å². The van der Waals surface area contributed by atoms with Crippen molar-refractivity contribution in [3.8, 4) is 0 Å². The van der Waals surface area contributed by atoms with Crippen molar-refractivity contribution in [3.63, 3.8) is 0 Å². The summed E-state index contributed by atoms with van der Waals surface area (Å²) in [5, 5.41) is 2.03. The van der Waals surface area contributed by atoms with Crippen LogP contribution in [0.2, 0.25) is 0 Å². The Morgan fingerprint density at radius 2 is 1.88 bits per heavy atom. The van der Waals surface area contributed by atoms with Crippen molar-refractivity contribution in [2.75, 3.05) is 13.0 Å². The third-order valence-electron chi connectivity index (χ3n) is 4.33. The zero-order valence-corrected chi connectivity index (χ0v) is 15.5. The van der Waals surface area contributed by atoms with E-state index in [9.17, 15) is 18.5 Å². The van der Waals surface area contributed by atoms with Gasteiger partial charge in [0, 0.05) is 0 Å². The minimum absolute atomic E-state index is 0.0821. The number of carbonyl (C=O) groups excluding carboxylic acids is 2. The van der Waals surface area contributed by atoms with Crippen molar-refractivity contribution in [2.45, 2.75) is 64.6 Å². The number of amides is 1. The van der Waals surface area contributed by atoms with Crippen molar-refractivity contribution in [3.05, 3.63) is 0 Å². The van der Waals surface area contributed by atoms with Crippen LogP contribution in [-0.2, 0) is 18.8 Å². The van der Waals surface area contributed by atoms with E-state index < -0.39 is 27.2 Å². The maximum atomic E-state index is 13.7. The fourth-order valence-electron chi connectivity index (χ4n) is 2.74. The molecule has 25 heavy (non-hydrogen) atoms. The lowest BCUT2D eigenvalue weighted by Crippen LogP contribution is -2.33. The fourth-order valence-corrected chi connectivity index (χ4v) is 3.41. The summed E-state index contributed by atoms with van der Waals surface area (Å²) in [6.45, 7) is 1.34. The topological polar surface area (TPSA) is 102 Å². The molecule has 9 heteroatoms. The molecule has 0 spiro atoms. The van der Waals surface area contributed by atoms with Gasteiger partial charge in [-0.2, -0.15) is 4.89 Å². The van der Waals surface area contributed by atoms with Gasteiger partial charge in [0.05, 0.1) is 5.92 Å². The Balaban J connectivity index is 2.10. The molecule has 3 unspecified atom stereocenters. The van der Waals surface area contributed by atoms with Crippen LogP contribution in [0, 0.1) is 11.8 Å². The van der Waals surface area contributed by atoms with E-state index in [0.717, 1.165) is 32.1 Å². The van der Waals surface area contributed by atoms with Crippen molar-refractivity contribution >= 4 is 20.1 Å². The number of ether oxygens (including phenoxy) is 2. The summed E-state index contributed by atoms with van der Waals surface area (Å²) in [5.41, 5.74) is 0. The first-order valence-corrected chi connectivity index (χ1v) is 10.2. The van der Waals surface area contributed by atoms with Crippen molar-refractivity contribution in [1.82, 2.24) is 5.32 Å². The number of rotatable bonds is 10. The van der Waals surface area contributed by atoms with Gasteiger partial charge in [0.25, 0.3) is 0 Å². The number of alkyl halides is 1. The second-order valence-corrected chi connectivity index (χ2v) is 7.66. The number of halogens is 1. The molecule has 7 nitrogen and oxygen atoms in total. The van der Waals surface area contributed by atoms with Gasteiger partial charge in [-0.15, -0.1) is 0 Å². The lowest BCUT2D eigenvalue weighted by Gasteiger charge is -2.19. The van der Waals surface area contributed by atoms with Crippen LogP contribution in [0.15, 0.2) is 0 Å². The second kappa shape index (κ2) is 12.1. The Kier molecular flexibility index (Phi) is 10.6. The Morgan fingerprint density at radius 1 is 1.20 bits per heavy atom. The van der Waals surface area contributed by atoms with E-state index in [0.29, 0.717) is 12.8 Å². The fraction of sp³-hybridized carbons (Fsp3) is 0.875. The first-order valence-electron chi connectivity index (χ1n) is 8.76. The molecule has 0 heterocycles. The number of hydrogen-bond donors (Lipinski definition) is 2. The zero-order chi connectivity index (χ0) is 18.7. The Morgan fingerprint density at radius 3 is 2.52 bits per heavy atom. The summed E-state index contributed by atoms with van der Waals surface area (Å²) in [6.07, 6.45) is 3.42. The van der Waals surface area contributed by atoms with Crippen LogP contribution in [0.5, 0.6) is 0 Å². The summed E-state index contributed by atoms with van der Waals surface area (Å²) >= 11 is 0. The molecule has 1 aliphatic rings. The molecule has 0 aromatic heterocycles. The van der Waals surface area contributed by atoms with Crippen LogP contribution in [0.4, 0.5) is 9.18 Å². The van der Waals surface area contributed by atoms with Gasteiger partial charge in [-0.3, -0.25) is 10.1 Å². The molecule has 2 N–H and O–H groups in total. The summed E-state index contributed by atoms with van der Waals surface area (Å²) < 4.78 is 33.8. The summed E-state index contributed by atoms with van der Waals surface area (Å²) in [5.74, 6) is -0.427. The Bertz CT molecular complexity index is 444. The Hall–Kier alpha value is -1.27. The molecular formula is C16H28FNO6P+. The maximum Gasteiger partial charge on any atom is 0.505 e. The molecule has 1 amide bonds. The second-order valence-electron chi connectivity index (χ2n) is 6.51. The number of carbonyl (C=O) groups is 2. The highest BCUT2D eigenvalue weighted by Crippen LogP contribution is 2.24. The van der Waals surface area contributed by atoms with Crippen LogP contribution < -0.4 is 5.32 Å². The van der Waals surface area contributed by atoms with E-state index >= 15 is 0 Å². The first kappa shape index (κ1) is 21.8. The number of esters is 1. The molecule has 0 radical (unpaired) electrons. The molecule has 3 atom stereocenters. The normalized spacial score (nSPS) is 18.1. The van der Waals surface area contributed by atoms with Gasteiger partial charge in [0.2, 0.25) is 6.79 Å². The molecule has 1 fully saturated rings. The number of nitrogens with one attached hydrogen (secondary N) is 1. The van der Waals surface area contributed by atoms with Crippen LogP contribution in [0.3, 0.4) is 0 Å². The SMILES string of the molecule is CC(CCC(F)NC(=O)OCOC(=O)C1CCCCC1)CC[P+](=O)O. The molecule has 0 bridgehead atoms. The van der Waals surface area contributed by atoms with Gasteiger partial charge in [-0.05, 0) is 42.6 Å². The molecule has 0 saturated heterocycles. The van der Waals surface area contributed by atoms with E-state index in [1.54, 1.807) is 0 Å². The van der Waals surface area contributed by atoms with Gasteiger partial charge in [-0.25, -0.2) is 9.18 Å². The minimum Gasteiger partial charge on any atom is -0.428 e. The third-order valence-corrected chi connectivity index (χ3v) is 4.97. The lowest BCUT2D eigenvalue weighted by molar-refractivity contribution is -0.158. The van der Waals surface area contributed by atoms with Crippen LogP contribution in [0.1, 0.15) is 58.3 Å². The van der Waals surface area contributed by atoms with Gasteiger partial charge >= 0.3 is 20.1 Å². The monoisotopic (exact) mass is 380 g/mol. The molecule has 0 aromatic rings. The maximum absolute atomic E-state index is 13.7. The average molecular weight is 380 g/mol. The molecule has 0 aromatic carbocycles. The van der Waals surface area contributed by atoms with E-state index in [1.165, 1.54) is 0 Å². The van der Waals surface area contributed by atoms with Gasteiger partial charge in [-0.1, -0.05) is 26.2 Å². The third kappa shape index (κ3) is 10.3. The highest BCUT2D eigenvalue weighted by atomic mass is 31.1. The summed E-state index contributed by atoms with van der Waals surface area (Å²) in [6, 6.07) is 0. The van der Waals surface area contributed by atoms with E-state index in [4.69, 9.17) is 9.63 Å². The van der Waals surface area contributed by atoms with Crippen molar-refractivity contribution in [1.29, 1.82) is 0 Å². The van der Waals surface area contributed by atoms with E-state index in [2.05, 4.69) is 4.74 Å². The lowest BCUT2D eigenvalue weighted by atomic mass is 9.89. The van der Waals surface area contributed by atoms with Gasteiger partial charge < -0.3 is 9.47 Å². The largest absolute Gasteiger partial charge is 0.505 e. The highest BCUT2D eigenvalue weighted by molar-refractivity contribution is 7.37.